The molecule has 8 nitrogen and oxygen atoms in total. The van der Waals surface area contributed by atoms with Gasteiger partial charge in [-0.15, -0.1) is 0 Å². The van der Waals surface area contributed by atoms with Crippen molar-refractivity contribution in [3.05, 3.63) is 83.4 Å². The van der Waals surface area contributed by atoms with E-state index in [0.29, 0.717) is 35.8 Å². The van der Waals surface area contributed by atoms with Crippen LogP contribution in [0.1, 0.15) is 22.6 Å². The van der Waals surface area contributed by atoms with Gasteiger partial charge < -0.3 is 18.9 Å². The first-order valence-corrected chi connectivity index (χ1v) is 12.4. The van der Waals surface area contributed by atoms with Crippen molar-refractivity contribution in [2.45, 2.75) is 24.0 Å². The summed E-state index contributed by atoms with van der Waals surface area (Å²) in [6.45, 7) is 0. The molecule has 3 aromatic carbocycles. The van der Waals surface area contributed by atoms with Gasteiger partial charge in [-0.1, -0.05) is 36.0 Å². The van der Waals surface area contributed by atoms with Gasteiger partial charge >= 0.3 is 5.97 Å². The molecule has 1 saturated heterocycles. The minimum Gasteiger partial charge on any atom is -0.497 e. The summed E-state index contributed by atoms with van der Waals surface area (Å²) in [6, 6.07) is 20.3. The van der Waals surface area contributed by atoms with Crippen LogP contribution in [0.5, 0.6) is 23.0 Å². The Balaban J connectivity index is 1.42. The summed E-state index contributed by atoms with van der Waals surface area (Å²) in [5.74, 6) is 1.33. The highest BCUT2D eigenvalue weighted by atomic mass is 32.2. The average molecular weight is 522 g/mol. The third-order valence-corrected chi connectivity index (χ3v) is 6.95. The van der Waals surface area contributed by atoms with Crippen LogP contribution >= 0.6 is 11.8 Å². The van der Waals surface area contributed by atoms with Crippen molar-refractivity contribution < 1.29 is 33.3 Å². The number of hydrogen-bond donors (Lipinski definition) is 1. The number of carbonyl (C=O) groups is 3. The molecular formula is C28H27NO7S. The quantitative estimate of drug-likeness (QED) is 0.377. The molecule has 0 radical (unpaired) electrons. The molecule has 192 valence electrons. The standard InChI is InChI=1S/C28H27NO7S/c1-33-22-14-19(15-23(16-22)34-2)24(27(31)35-3)12-17-4-8-20(9-5-17)36-21-10-6-18(7-11-21)13-25-26(30)29-28(32)37-25/h4-11,14-16,24-25H,12-13H2,1-3H3,(H,29,30,32). The zero-order chi connectivity index (χ0) is 26.4. The van der Waals surface area contributed by atoms with Gasteiger partial charge in [-0.2, -0.15) is 0 Å². The highest BCUT2D eigenvalue weighted by molar-refractivity contribution is 8.15. The van der Waals surface area contributed by atoms with Crippen LogP contribution in [-0.4, -0.2) is 43.7 Å². The molecule has 1 N–H and O–H groups in total. The average Bonchev–Trinajstić information content (AvgIpc) is 3.24. The third-order valence-electron chi connectivity index (χ3n) is 5.97. The predicted octanol–water partition coefficient (Wildman–Crippen LogP) is 4.89. The molecule has 0 aliphatic carbocycles. The maximum Gasteiger partial charge on any atom is 0.313 e. The van der Waals surface area contributed by atoms with Gasteiger partial charge in [0.25, 0.3) is 5.24 Å². The molecular weight excluding hydrogens is 494 g/mol. The van der Waals surface area contributed by atoms with E-state index < -0.39 is 11.2 Å². The molecule has 0 aromatic heterocycles. The Bertz CT molecular complexity index is 1250. The van der Waals surface area contributed by atoms with E-state index in [9.17, 15) is 14.4 Å². The zero-order valence-electron chi connectivity index (χ0n) is 20.7. The summed E-state index contributed by atoms with van der Waals surface area (Å²) < 4.78 is 21.7. The number of benzene rings is 3. The summed E-state index contributed by atoms with van der Waals surface area (Å²) in [5, 5.41) is 1.59. The number of thioether (sulfide) groups is 1. The fraction of sp³-hybridized carbons (Fsp3) is 0.250. The monoisotopic (exact) mass is 521 g/mol. The van der Waals surface area contributed by atoms with Crippen molar-refractivity contribution >= 4 is 28.9 Å². The van der Waals surface area contributed by atoms with Crippen LogP contribution in [0.3, 0.4) is 0 Å². The Kier molecular flexibility index (Phi) is 8.35. The number of carbonyl (C=O) groups excluding carboxylic acids is 3. The van der Waals surface area contributed by atoms with Gasteiger partial charge in [0.1, 0.15) is 23.0 Å². The van der Waals surface area contributed by atoms with Gasteiger partial charge in [0.2, 0.25) is 5.91 Å². The molecule has 1 fully saturated rings. The van der Waals surface area contributed by atoms with Crippen LogP contribution in [0.25, 0.3) is 0 Å². The molecule has 3 aromatic rings. The van der Waals surface area contributed by atoms with Crippen molar-refractivity contribution in [1.29, 1.82) is 0 Å². The first-order chi connectivity index (χ1) is 17.9. The highest BCUT2D eigenvalue weighted by Crippen LogP contribution is 2.31. The molecule has 4 rings (SSSR count). The Morgan fingerprint density at radius 3 is 1.89 bits per heavy atom. The normalized spacial score (nSPS) is 15.6. The largest absolute Gasteiger partial charge is 0.497 e. The Labute approximate surface area is 219 Å². The zero-order valence-corrected chi connectivity index (χ0v) is 21.5. The van der Waals surface area contributed by atoms with E-state index in [0.717, 1.165) is 28.5 Å². The summed E-state index contributed by atoms with van der Waals surface area (Å²) in [6.07, 6.45) is 0.894. The van der Waals surface area contributed by atoms with E-state index in [1.165, 1.54) is 7.11 Å². The van der Waals surface area contributed by atoms with Crippen LogP contribution < -0.4 is 19.5 Å². The lowest BCUT2D eigenvalue weighted by atomic mass is 9.91. The Hall–Kier alpha value is -3.98. The molecule has 0 saturated carbocycles. The number of methoxy groups -OCH3 is 3. The summed E-state index contributed by atoms with van der Waals surface area (Å²) >= 11 is 1.01. The van der Waals surface area contributed by atoms with Crippen molar-refractivity contribution in [3.8, 4) is 23.0 Å². The van der Waals surface area contributed by atoms with E-state index >= 15 is 0 Å². The van der Waals surface area contributed by atoms with E-state index in [1.807, 2.05) is 48.5 Å². The second-order valence-corrected chi connectivity index (χ2v) is 9.58. The van der Waals surface area contributed by atoms with Crippen molar-refractivity contribution in [3.63, 3.8) is 0 Å². The minimum atomic E-state index is -0.538. The van der Waals surface area contributed by atoms with Crippen molar-refractivity contribution in [1.82, 2.24) is 5.32 Å². The smallest absolute Gasteiger partial charge is 0.313 e. The lowest BCUT2D eigenvalue weighted by Gasteiger charge is -2.17. The van der Waals surface area contributed by atoms with E-state index in [4.69, 9.17) is 18.9 Å². The molecule has 9 heteroatoms. The molecule has 1 heterocycles. The van der Waals surface area contributed by atoms with Gasteiger partial charge in [-0.05, 0) is 65.9 Å². The number of imide groups is 1. The predicted molar refractivity (Wildman–Crippen MR) is 140 cm³/mol. The third kappa shape index (κ3) is 6.62. The molecule has 2 atom stereocenters. The lowest BCUT2D eigenvalue weighted by molar-refractivity contribution is -0.142. The molecule has 2 unspecified atom stereocenters. The number of nitrogens with one attached hydrogen (secondary N) is 1. The minimum absolute atomic E-state index is 0.254. The maximum absolute atomic E-state index is 12.6. The van der Waals surface area contributed by atoms with Gasteiger partial charge in [0.05, 0.1) is 32.5 Å². The van der Waals surface area contributed by atoms with Crippen LogP contribution in [-0.2, 0) is 27.2 Å². The molecule has 1 aliphatic heterocycles. The van der Waals surface area contributed by atoms with E-state index in [-0.39, 0.29) is 17.1 Å². The molecule has 0 spiro atoms. The van der Waals surface area contributed by atoms with Gasteiger partial charge in [-0.3, -0.25) is 19.7 Å². The van der Waals surface area contributed by atoms with E-state index in [2.05, 4.69) is 5.32 Å². The van der Waals surface area contributed by atoms with Crippen LogP contribution in [0, 0.1) is 0 Å². The molecule has 1 aliphatic rings. The number of esters is 1. The topological polar surface area (TPSA) is 100 Å². The SMILES string of the molecule is COC(=O)C(Cc1ccc(Oc2ccc(CC3SC(=O)NC3=O)cc2)cc1)c1cc(OC)cc(OC)c1. The fourth-order valence-corrected chi connectivity index (χ4v) is 4.87. The highest BCUT2D eigenvalue weighted by Gasteiger charge is 2.31. The Morgan fingerprint density at radius 2 is 1.41 bits per heavy atom. The second-order valence-electron chi connectivity index (χ2n) is 8.40. The lowest BCUT2D eigenvalue weighted by Crippen LogP contribution is -2.25. The molecule has 37 heavy (non-hydrogen) atoms. The van der Waals surface area contributed by atoms with Crippen molar-refractivity contribution in [2.24, 2.45) is 0 Å². The molecule has 0 bridgehead atoms. The van der Waals surface area contributed by atoms with Crippen LogP contribution in [0.2, 0.25) is 0 Å². The second kappa shape index (κ2) is 11.8. The number of hydrogen-bond acceptors (Lipinski definition) is 8. The maximum atomic E-state index is 12.6. The van der Waals surface area contributed by atoms with Crippen LogP contribution in [0.15, 0.2) is 66.7 Å². The number of ether oxygens (including phenoxy) is 4. The Morgan fingerprint density at radius 1 is 0.838 bits per heavy atom. The summed E-state index contributed by atoms with van der Waals surface area (Å²) in [4.78, 5) is 35.7. The summed E-state index contributed by atoms with van der Waals surface area (Å²) in [7, 11) is 4.50. The van der Waals surface area contributed by atoms with Gasteiger partial charge in [0.15, 0.2) is 0 Å². The fourth-order valence-electron chi connectivity index (χ4n) is 4.01. The van der Waals surface area contributed by atoms with E-state index in [1.54, 1.807) is 32.4 Å². The number of amides is 2. The van der Waals surface area contributed by atoms with Gasteiger partial charge in [0, 0.05) is 6.07 Å². The molecule has 2 amide bonds. The number of rotatable bonds is 10. The first kappa shape index (κ1) is 26.1. The van der Waals surface area contributed by atoms with Crippen LogP contribution in [0.4, 0.5) is 4.79 Å². The van der Waals surface area contributed by atoms with Crippen molar-refractivity contribution in [2.75, 3.05) is 21.3 Å². The summed E-state index contributed by atoms with van der Waals surface area (Å²) in [5.41, 5.74) is 2.61. The first-order valence-electron chi connectivity index (χ1n) is 11.6. The van der Waals surface area contributed by atoms with Gasteiger partial charge in [-0.25, -0.2) is 0 Å².